The second-order valence-electron chi connectivity index (χ2n) is 5.22. The normalized spacial score (nSPS) is 15.2. The maximum absolute atomic E-state index is 11.9. The average Bonchev–Trinajstić information content (AvgIpc) is 2.47. The molecule has 2 nitrogen and oxygen atoms in total. The first-order chi connectivity index (χ1) is 10.1. The van der Waals surface area contributed by atoms with Crippen molar-refractivity contribution in [3.63, 3.8) is 0 Å². The third kappa shape index (κ3) is 3.38. The van der Waals surface area contributed by atoms with E-state index >= 15 is 0 Å². The molecule has 0 aliphatic carbocycles. The van der Waals surface area contributed by atoms with Crippen molar-refractivity contribution in [2.45, 2.75) is 17.7 Å². The summed E-state index contributed by atoms with van der Waals surface area (Å²) in [6.45, 7) is 0.737. The fourth-order valence-corrected chi connectivity index (χ4v) is 3.72. The topological polar surface area (TPSA) is 29.1 Å². The smallest absolute Gasteiger partial charge is 0.251 e. The van der Waals surface area contributed by atoms with Crippen LogP contribution in [-0.4, -0.2) is 12.5 Å². The summed E-state index contributed by atoms with van der Waals surface area (Å²) in [6, 6.07) is 14.5. The number of carbonyl (C=O) groups excluding carboxylic acids is 1. The quantitative estimate of drug-likeness (QED) is 0.748. The van der Waals surface area contributed by atoms with Crippen LogP contribution in [0.3, 0.4) is 0 Å². The van der Waals surface area contributed by atoms with Gasteiger partial charge in [0, 0.05) is 21.4 Å². The predicted molar refractivity (Wildman–Crippen MR) is 92.0 cm³/mol. The third-order valence-electron chi connectivity index (χ3n) is 3.72. The minimum atomic E-state index is 0.0419. The fourth-order valence-electron chi connectivity index (χ4n) is 2.61. The molecular formula is C17H15Br2NO. The summed E-state index contributed by atoms with van der Waals surface area (Å²) in [6.07, 6.45) is 1.81. The van der Waals surface area contributed by atoms with Crippen LogP contribution in [0, 0.1) is 0 Å². The molecule has 0 saturated carbocycles. The van der Waals surface area contributed by atoms with Crippen LogP contribution < -0.4 is 5.32 Å². The summed E-state index contributed by atoms with van der Waals surface area (Å²) >= 11 is 7.25. The van der Waals surface area contributed by atoms with Crippen molar-refractivity contribution in [2.75, 3.05) is 6.54 Å². The van der Waals surface area contributed by atoms with Gasteiger partial charge in [0.2, 0.25) is 0 Å². The molecule has 0 bridgehead atoms. The highest BCUT2D eigenvalue weighted by molar-refractivity contribution is 9.10. The molecule has 108 valence electrons. The molecule has 4 heteroatoms. The van der Waals surface area contributed by atoms with Crippen molar-refractivity contribution >= 4 is 37.8 Å². The highest BCUT2D eigenvalue weighted by Crippen LogP contribution is 2.30. The van der Waals surface area contributed by atoms with Crippen LogP contribution in [0.15, 0.2) is 46.9 Å². The highest BCUT2D eigenvalue weighted by Gasteiger charge is 2.18. The number of amides is 1. The van der Waals surface area contributed by atoms with Crippen molar-refractivity contribution in [3.05, 3.63) is 69.2 Å². The second kappa shape index (κ2) is 6.32. The molecule has 1 amide bonds. The first-order valence-electron chi connectivity index (χ1n) is 6.93. The van der Waals surface area contributed by atoms with E-state index in [1.54, 1.807) is 0 Å². The minimum Gasteiger partial charge on any atom is -0.352 e. The summed E-state index contributed by atoms with van der Waals surface area (Å²) in [4.78, 5) is 12.1. The number of halogens is 2. The molecule has 21 heavy (non-hydrogen) atoms. The number of rotatable bonds is 3. The van der Waals surface area contributed by atoms with Gasteiger partial charge in [-0.1, -0.05) is 56.1 Å². The van der Waals surface area contributed by atoms with Gasteiger partial charge >= 0.3 is 0 Å². The summed E-state index contributed by atoms with van der Waals surface area (Å²) in [5.74, 6) is 0.0419. The van der Waals surface area contributed by atoms with E-state index in [0.29, 0.717) is 0 Å². The molecule has 1 heterocycles. The van der Waals surface area contributed by atoms with Gasteiger partial charge in [0.1, 0.15) is 0 Å². The lowest BCUT2D eigenvalue weighted by Crippen LogP contribution is -2.31. The Morgan fingerprint density at radius 3 is 2.86 bits per heavy atom. The van der Waals surface area contributed by atoms with Gasteiger partial charge in [-0.2, -0.15) is 0 Å². The largest absolute Gasteiger partial charge is 0.352 e. The molecular weight excluding hydrogens is 394 g/mol. The van der Waals surface area contributed by atoms with Crippen LogP contribution in [0.4, 0.5) is 0 Å². The van der Waals surface area contributed by atoms with Crippen molar-refractivity contribution in [1.82, 2.24) is 5.32 Å². The first kappa shape index (κ1) is 14.8. The van der Waals surface area contributed by atoms with Crippen LogP contribution in [-0.2, 0) is 12.8 Å². The molecule has 1 aliphatic heterocycles. The summed E-state index contributed by atoms with van der Waals surface area (Å²) in [5.41, 5.74) is 4.36. The van der Waals surface area contributed by atoms with Gasteiger partial charge in [-0.15, -0.1) is 0 Å². The molecule has 1 atom stereocenters. The summed E-state index contributed by atoms with van der Waals surface area (Å²) in [5, 5.41) is 2.90. The zero-order chi connectivity index (χ0) is 14.8. The molecule has 0 saturated heterocycles. The highest BCUT2D eigenvalue weighted by atomic mass is 79.9. The fraction of sp³-hybridized carbons (Fsp3) is 0.235. The van der Waals surface area contributed by atoms with Gasteiger partial charge in [-0.25, -0.2) is 0 Å². The van der Waals surface area contributed by atoms with E-state index in [1.165, 1.54) is 5.56 Å². The van der Waals surface area contributed by atoms with Crippen LogP contribution >= 0.6 is 31.9 Å². The number of carbonyl (C=O) groups is 1. The number of hydrogen-bond donors (Lipinski definition) is 1. The molecule has 0 radical (unpaired) electrons. The lowest BCUT2D eigenvalue weighted by molar-refractivity contribution is 0.0946. The number of nitrogens with one attached hydrogen (secondary N) is 1. The SMILES string of the molecule is O=C1NCCc2ccc(C(Br)Cc3cccc(Br)c3)cc21. The predicted octanol–water partition coefficient (Wildman–Crippen LogP) is 4.41. The van der Waals surface area contributed by atoms with E-state index in [9.17, 15) is 4.79 Å². The van der Waals surface area contributed by atoms with E-state index in [-0.39, 0.29) is 10.7 Å². The molecule has 1 N–H and O–H groups in total. The average molecular weight is 409 g/mol. The molecule has 2 aromatic rings. The van der Waals surface area contributed by atoms with E-state index in [4.69, 9.17) is 0 Å². The molecule has 2 aromatic carbocycles. The Morgan fingerprint density at radius 2 is 2.05 bits per heavy atom. The summed E-state index contributed by atoms with van der Waals surface area (Å²) < 4.78 is 1.09. The first-order valence-corrected chi connectivity index (χ1v) is 8.64. The van der Waals surface area contributed by atoms with Gasteiger partial charge in [0.25, 0.3) is 5.91 Å². The number of fused-ring (bicyclic) bond motifs is 1. The van der Waals surface area contributed by atoms with Gasteiger partial charge in [0.15, 0.2) is 0 Å². The van der Waals surface area contributed by atoms with Gasteiger partial charge in [-0.3, -0.25) is 4.79 Å². The van der Waals surface area contributed by atoms with Crippen LogP contribution in [0.1, 0.15) is 31.9 Å². The minimum absolute atomic E-state index is 0.0419. The van der Waals surface area contributed by atoms with E-state index < -0.39 is 0 Å². The maximum Gasteiger partial charge on any atom is 0.251 e. The number of alkyl halides is 1. The van der Waals surface area contributed by atoms with Crippen LogP contribution in [0.5, 0.6) is 0 Å². The monoisotopic (exact) mass is 407 g/mol. The second-order valence-corrected chi connectivity index (χ2v) is 7.25. The van der Waals surface area contributed by atoms with E-state index in [2.05, 4.69) is 61.4 Å². The molecule has 3 rings (SSSR count). The Bertz CT molecular complexity index is 684. The Labute approximate surface area is 141 Å². The van der Waals surface area contributed by atoms with Crippen LogP contribution in [0.25, 0.3) is 0 Å². The molecule has 0 aromatic heterocycles. The maximum atomic E-state index is 11.9. The zero-order valence-electron chi connectivity index (χ0n) is 11.4. The van der Waals surface area contributed by atoms with E-state index in [0.717, 1.165) is 40.5 Å². The Hall–Kier alpha value is -1.13. The summed E-state index contributed by atoms with van der Waals surface area (Å²) in [7, 11) is 0. The Kier molecular flexibility index (Phi) is 4.45. The Balaban J connectivity index is 1.83. The zero-order valence-corrected chi connectivity index (χ0v) is 14.6. The molecule has 0 fully saturated rings. The number of benzene rings is 2. The molecule has 0 spiro atoms. The lowest BCUT2D eigenvalue weighted by Gasteiger charge is -2.19. The van der Waals surface area contributed by atoms with Crippen molar-refractivity contribution in [3.8, 4) is 0 Å². The van der Waals surface area contributed by atoms with Crippen molar-refractivity contribution in [1.29, 1.82) is 0 Å². The van der Waals surface area contributed by atoms with Crippen molar-refractivity contribution in [2.24, 2.45) is 0 Å². The molecule has 1 aliphatic rings. The van der Waals surface area contributed by atoms with Crippen molar-refractivity contribution < 1.29 is 4.79 Å². The third-order valence-corrected chi connectivity index (χ3v) is 5.07. The van der Waals surface area contributed by atoms with E-state index in [1.807, 2.05) is 18.2 Å². The number of hydrogen-bond acceptors (Lipinski definition) is 1. The lowest BCUT2D eigenvalue weighted by atomic mass is 9.95. The molecule has 1 unspecified atom stereocenters. The standard InChI is InChI=1S/C17H15Br2NO/c18-14-3-1-2-11(8-14)9-16(19)13-5-4-12-6-7-20-17(21)15(12)10-13/h1-5,8,10,16H,6-7,9H2,(H,20,21). The van der Waals surface area contributed by atoms with Gasteiger partial charge < -0.3 is 5.32 Å². The Morgan fingerprint density at radius 1 is 1.19 bits per heavy atom. The van der Waals surface area contributed by atoms with Crippen LogP contribution in [0.2, 0.25) is 0 Å². The van der Waals surface area contributed by atoms with Gasteiger partial charge in [-0.05, 0) is 47.7 Å². The van der Waals surface area contributed by atoms with Gasteiger partial charge in [0.05, 0.1) is 0 Å².